The Balaban J connectivity index is 2.44. The lowest BCUT2D eigenvalue weighted by molar-refractivity contribution is -0.173. The van der Waals surface area contributed by atoms with Gasteiger partial charge in [0, 0.05) is 5.92 Å². The first-order chi connectivity index (χ1) is 6.90. The van der Waals surface area contributed by atoms with Crippen LogP contribution >= 0.6 is 0 Å². The minimum absolute atomic E-state index is 0.0684. The first-order valence-electron chi connectivity index (χ1n) is 5.49. The Labute approximate surface area is 91.0 Å². The first kappa shape index (κ1) is 12.5. The molecule has 15 heavy (non-hydrogen) atoms. The predicted molar refractivity (Wildman–Crippen MR) is 55.9 cm³/mol. The molecule has 1 atom stereocenters. The van der Waals surface area contributed by atoms with Gasteiger partial charge in [-0.2, -0.15) is 0 Å². The summed E-state index contributed by atoms with van der Waals surface area (Å²) < 4.78 is 5.08. The topological polar surface area (TPSA) is 58.2 Å². The number of hydrogen-bond acceptors (Lipinski definition) is 3. The van der Waals surface area contributed by atoms with Crippen LogP contribution in [0.4, 0.5) is 0 Å². The zero-order valence-corrected chi connectivity index (χ0v) is 9.71. The number of carbonyl (C=O) groups excluding carboxylic acids is 1. The van der Waals surface area contributed by atoms with E-state index in [4.69, 9.17) is 4.74 Å². The van der Waals surface area contributed by atoms with E-state index in [0.29, 0.717) is 0 Å². The van der Waals surface area contributed by atoms with Crippen molar-refractivity contribution in [3.05, 3.63) is 0 Å². The summed E-state index contributed by atoms with van der Waals surface area (Å²) in [4.78, 5) is 11.5. The van der Waals surface area contributed by atoms with Gasteiger partial charge in [0.1, 0.15) is 5.60 Å². The Morgan fingerprint density at radius 2 is 1.87 bits per heavy atom. The van der Waals surface area contributed by atoms with Gasteiger partial charge in [0.05, 0.1) is 0 Å². The van der Waals surface area contributed by atoms with Crippen LogP contribution in [0.2, 0.25) is 0 Å². The molecule has 0 aromatic rings. The summed E-state index contributed by atoms with van der Waals surface area (Å²) in [6.07, 6.45) is 0.326. The molecule has 87 valence electrons. The zero-order chi connectivity index (χ0) is 11.5. The molecule has 1 saturated heterocycles. The second-order valence-electron chi connectivity index (χ2n) is 5.04. The summed E-state index contributed by atoms with van der Waals surface area (Å²) in [6, 6.07) is 0. The van der Waals surface area contributed by atoms with Gasteiger partial charge in [-0.15, -0.1) is 0 Å². The molecule has 1 N–H and O–H groups in total. The number of esters is 1. The summed E-state index contributed by atoms with van der Waals surface area (Å²) in [7, 11) is 0. The third-order valence-corrected chi connectivity index (χ3v) is 2.45. The van der Waals surface area contributed by atoms with E-state index in [1.165, 1.54) is 0 Å². The van der Waals surface area contributed by atoms with Crippen LogP contribution in [-0.4, -0.2) is 30.8 Å². The Hall–Kier alpha value is -0.610. The van der Waals surface area contributed by atoms with Crippen molar-refractivity contribution in [2.45, 2.75) is 45.3 Å². The highest BCUT2D eigenvalue weighted by atomic mass is 16.6. The number of carbonyl (C=O) groups is 1. The van der Waals surface area contributed by atoms with Crippen LogP contribution in [-0.2, 0) is 14.6 Å². The molecular weight excluding hydrogens is 194 g/mol. The molecule has 0 aromatic heterocycles. The van der Waals surface area contributed by atoms with Crippen molar-refractivity contribution in [1.82, 2.24) is 5.32 Å². The highest BCUT2D eigenvalue weighted by molar-refractivity contribution is 5.75. The van der Waals surface area contributed by atoms with Gasteiger partial charge in [0.15, 0.2) is 6.10 Å². The van der Waals surface area contributed by atoms with E-state index in [2.05, 4.69) is 5.32 Å². The Morgan fingerprint density at radius 1 is 1.33 bits per heavy atom. The van der Waals surface area contributed by atoms with Crippen molar-refractivity contribution in [3.8, 4) is 0 Å². The molecule has 0 aromatic carbocycles. The maximum atomic E-state index is 11.8. The molecule has 1 aliphatic heterocycles. The summed E-state index contributed by atoms with van der Waals surface area (Å²) >= 11 is 0. The lowest BCUT2D eigenvalue weighted by Crippen LogP contribution is -2.40. The Morgan fingerprint density at radius 3 is 2.33 bits per heavy atom. The number of ether oxygens (including phenoxy) is 1. The summed E-state index contributed by atoms with van der Waals surface area (Å²) in [5, 5.41) is 14.9. The lowest BCUT2D eigenvalue weighted by Gasteiger charge is -2.27. The molecule has 1 radical (unpaired) electrons. The van der Waals surface area contributed by atoms with Crippen LogP contribution in [0.15, 0.2) is 0 Å². The largest absolute Gasteiger partial charge is 0.458 e. The fraction of sp³-hybridized carbons (Fsp3) is 0.909. The van der Waals surface area contributed by atoms with Crippen molar-refractivity contribution in [1.29, 1.82) is 0 Å². The van der Waals surface area contributed by atoms with Crippen molar-refractivity contribution in [2.24, 2.45) is 5.92 Å². The molecule has 1 aliphatic rings. The molecule has 4 nitrogen and oxygen atoms in total. The zero-order valence-electron chi connectivity index (χ0n) is 9.71. The Bertz CT molecular complexity index is 216. The fourth-order valence-corrected chi connectivity index (χ4v) is 1.70. The van der Waals surface area contributed by atoms with Gasteiger partial charge in [0.25, 0.3) is 0 Å². The lowest BCUT2D eigenvalue weighted by atomic mass is 9.92. The van der Waals surface area contributed by atoms with Crippen LogP contribution in [0.1, 0.15) is 33.6 Å². The summed E-state index contributed by atoms with van der Waals surface area (Å²) in [6.45, 7) is 6.98. The molecule has 0 bridgehead atoms. The number of piperidine rings is 1. The highest BCUT2D eigenvalue weighted by Crippen LogP contribution is 2.19. The number of nitrogens with one attached hydrogen (secondary N) is 1. The predicted octanol–water partition coefficient (Wildman–Crippen LogP) is 1.13. The van der Waals surface area contributed by atoms with Gasteiger partial charge >= 0.3 is 5.97 Å². The molecule has 1 unspecified atom stereocenters. The van der Waals surface area contributed by atoms with Crippen LogP contribution in [0.5, 0.6) is 0 Å². The average Bonchev–Trinajstić information content (AvgIpc) is 2.15. The third-order valence-electron chi connectivity index (χ3n) is 2.45. The molecule has 0 aliphatic carbocycles. The maximum absolute atomic E-state index is 11.8. The molecule has 4 heteroatoms. The quantitative estimate of drug-likeness (QED) is 0.701. The van der Waals surface area contributed by atoms with E-state index in [1.54, 1.807) is 20.8 Å². The van der Waals surface area contributed by atoms with Crippen molar-refractivity contribution >= 4 is 5.97 Å². The van der Waals surface area contributed by atoms with Crippen LogP contribution in [0.25, 0.3) is 0 Å². The van der Waals surface area contributed by atoms with E-state index in [0.717, 1.165) is 25.9 Å². The minimum Gasteiger partial charge on any atom is -0.458 e. The first-order valence-corrected chi connectivity index (χ1v) is 5.49. The van der Waals surface area contributed by atoms with Gasteiger partial charge in [-0.25, -0.2) is 9.90 Å². The van der Waals surface area contributed by atoms with Crippen LogP contribution < -0.4 is 5.32 Å². The van der Waals surface area contributed by atoms with Crippen molar-refractivity contribution < 1.29 is 14.6 Å². The van der Waals surface area contributed by atoms with Gasteiger partial charge in [0.2, 0.25) is 0 Å². The molecule has 1 rings (SSSR count). The SMILES string of the molecule is CC(C)(C)OC(=O)C([O])C1CCNCC1. The number of rotatable bonds is 2. The van der Waals surface area contributed by atoms with Crippen LogP contribution in [0.3, 0.4) is 0 Å². The summed E-state index contributed by atoms with van der Waals surface area (Å²) in [5.41, 5.74) is -0.563. The third kappa shape index (κ3) is 4.18. The van der Waals surface area contributed by atoms with Gasteiger partial charge < -0.3 is 10.1 Å². The van der Waals surface area contributed by atoms with Gasteiger partial charge in [-0.1, -0.05) is 0 Å². The molecular formula is C11H20NO3. The van der Waals surface area contributed by atoms with E-state index >= 15 is 0 Å². The van der Waals surface area contributed by atoms with Gasteiger partial charge in [-0.3, -0.25) is 0 Å². The standard InChI is InChI=1S/C11H20NO3/c1-11(2,3)15-10(14)9(13)8-4-6-12-7-5-8/h8-9,12H,4-7H2,1-3H3. The average molecular weight is 214 g/mol. The van der Waals surface area contributed by atoms with E-state index < -0.39 is 17.7 Å². The molecule has 1 fully saturated rings. The van der Waals surface area contributed by atoms with E-state index in [1.807, 2.05) is 0 Å². The van der Waals surface area contributed by atoms with Gasteiger partial charge in [-0.05, 0) is 46.7 Å². The van der Waals surface area contributed by atoms with E-state index in [9.17, 15) is 9.90 Å². The highest BCUT2D eigenvalue weighted by Gasteiger charge is 2.32. The Kier molecular flexibility index (Phi) is 4.11. The normalized spacial score (nSPS) is 21.1. The second-order valence-corrected chi connectivity index (χ2v) is 5.04. The minimum atomic E-state index is -1.22. The van der Waals surface area contributed by atoms with Crippen molar-refractivity contribution in [2.75, 3.05) is 13.1 Å². The molecule has 0 amide bonds. The molecule has 0 saturated carbocycles. The summed E-state index contributed by atoms with van der Waals surface area (Å²) in [5.74, 6) is -0.671. The smallest absolute Gasteiger partial charge is 0.339 e. The van der Waals surface area contributed by atoms with Crippen LogP contribution in [0, 0.1) is 5.92 Å². The monoisotopic (exact) mass is 214 g/mol. The number of hydrogen-bond donors (Lipinski definition) is 1. The van der Waals surface area contributed by atoms with Crippen molar-refractivity contribution in [3.63, 3.8) is 0 Å². The second kappa shape index (κ2) is 4.94. The maximum Gasteiger partial charge on any atom is 0.339 e. The molecule has 0 spiro atoms. The molecule has 1 heterocycles. The fourth-order valence-electron chi connectivity index (χ4n) is 1.70. The van der Waals surface area contributed by atoms with E-state index in [-0.39, 0.29) is 5.92 Å².